The lowest BCUT2D eigenvalue weighted by Crippen LogP contribution is -2.14. The van der Waals surface area contributed by atoms with E-state index in [9.17, 15) is 4.79 Å². The van der Waals surface area contributed by atoms with Crippen LogP contribution in [0.15, 0.2) is 23.4 Å². The highest BCUT2D eigenvalue weighted by Crippen LogP contribution is 2.23. The number of ketones is 1. The summed E-state index contributed by atoms with van der Waals surface area (Å²) in [5, 5.41) is 11.6. The van der Waals surface area contributed by atoms with Crippen LogP contribution in [0.5, 0.6) is 0 Å². The molecule has 5 nitrogen and oxygen atoms in total. The Kier molecular flexibility index (Phi) is 3.99. The van der Waals surface area contributed by atoms with Gasteiger partial charge in [0.15, 0.2) is 5.78 Å². The predicted octanol–water partition coefficient (Wildman–Crippen LogP) is 2.19. The number of aryl methyl sites for hydroxylation is 3. The molecule has 0 amide bonds. The smallest absolute Gasteiger partial charge is 0.209 e. The minimum atomic E-state index is -0.216. The van der Waals surface area contributed by atoms with Crippen molar-refractivity contribution >= 4 is 17.5 Å². The first-order chi connectivity index (χ1) is 8.99. The fraction of sp³-hybridized carbons (Fsp3) is 0.385. The average Bonchev–Trinajstić information content (AvgIpc) is 2.77. The zero-order valence-corrected chi connectivity index (χ0v) is 12.2. The molecule has 1 atom stereocenters. The van der Waals surface area contributed by atoms with Crippen molar-refractivity contribution in [2.75, 3.05) is 0 Å². The topological polar surface area (TPSA) is 60.7 Å². The zero-order valence-electron chi connectivity index (χ0n) is 11.4. The van der Waals surface area contributed by atoms with Gasteiger partial charge in [0.05, 0.1) is 5.25 Å². The molecule has 6 heteroatoms. The lowest BCUT2D eigenvalue weighted by atomic mass is 10.0. The number of carbonyl (C=O) groups is 1. The number of aromatic nitrogens is 4. The highest BCUT2D eigenvalue weighted by atomic mass is 32.2. The van der Waals surface area contributed by atoms with Gasteiger partial charge in [-0.3, -0.25) is 4.79 Å². The summed E-state index contributed by atoms with van der Waals surface area (Å²) < 4.78 is 1.56. The number of tetrazole rings is 1. The quantitative estimate of drug-likeness (QED) is 0.633. The first-order valence-corrected chi connectivity index (χ1v) is 6.87. The van der Waals surface area contributed by atoms with Crippen LogP contribution >= 0.6 is 11.8 Å². The van der Waals surface area contributed by atoms with Gasteiger partial charge in [-0.1, -0.05) is 23.9 Å². The molecule has 0 aliphatic rings. The maximum Gasteiger partial charge on any atom is 0.209 e. The van der Waals surface area contributed by atoms with Crippen LogP contribution in [0.3, 0.4) is 0 Å². The molecule has 19 heavy (non-hydrogen) atoms. The van der Waals surface area contributed by atoms with E-state index < -0.39 is 0 Å². The van der Waals surface area contributed by atoms with Crippen molar-refractivity contribution in [2.24, 2.45) is 7.05 Å². The van der Waals surface area contributed by atoms with E-state index >= 15 is 0 Å². The maximum absolute atomic E-state index is 12.3. The van der Waals surface area contributed by atoms with E-state index in [1.807, 2.05) is 39.0 Å². The lowest BCUT2D eigenvalue weighted by Gasteiger charge is -2.10. The summed E-state index contributed by atoms with van der Waals surface area (Å²) in [5.74, 6) is 0.0936. The molecule has 0 aliphatic heterocycles. The van der Waals surface area contributed by atoms with E-state index in [4.69, 9.17) is 0 Å². The van der Waals surface area contributed by atoms with Gasteiger partial charge in [-0.2, -0.15) is 0 Å². The van der Waals surface area contributed by atoms with E-state index in [-0.39, 0.29) is 11.0 Å². The summed E-state index contributed by atoms with van der Waals surface area (Å²) in [5.41, 5.74) is 3.05. The van der Waals surface area contributed by atoms with Crippen molar-refractivity contribution in [2.45, 2.75) is 31.2 Å². The van der Waals surface area contributed by atoms with Crippen LogP contribution in [-0.4, -0.2) is 31.2 Å². The van der Waals surface area contributed by atoms with E-state index in [0.717, 1.165) is 11.1 Å². The van der Waals surface area contributed by atoms with E-state index in [0.29, 0.717) is 5.16 Å². The Bertz CT molecular complexity index is 608. The van der Waals surface area contributed by atoms with Crippen LogP contribution in [0, 0.1) is 13.8 Å². The number of hydrogen-bond donors (Lipinski definition) is 0. The summed E-state index contributed by atoms with van der Waals surface area (Å²) in [6, 6.07) is 5.78. The highest BCUT2D eigenvalue weighted by molar-refractivity contribution is 8.00. The summed E-state index contributed by atoms with van der Waals surface area (Å²) in [4.78, 5) is 12.3. The molecule has 0 bridgehead atoms. The van der Waals surface area contributed by atoms with Gasteiger partial charge in [0, 0.05) is 12.6 Å². The summed E-state index contributed by atoms with van der Waals surface area (Å²) in [6.45, 7) is 5.92. The van der Waals surface area contributed by atoms with Crippen LogP contribution in [0.1, 0.15) is 28.4 Å². The van der Waals surface area contributed by atoms with E-state index in [1.54, 1.807) is 11.7 Å². The molecule has 0 saturated heterocycles. The predicted molar refractivity (Wildman–Crippen MR) is 74.4 cm³/mol. The molecular weight excluding hydrogens is 260 g/mol. The molecule has 0 spiro atoms. The number of hydrogen-bond acceptors (Lipinski definition) is 5. The molecule has 1 aromatic carbocycles. The van der Waals surface area contributed by atoms with Gasteiger partial charge in [-0.15, -0.1) is 5.10 Å². The number of nitrogens with zero attached hydrogens (tertiary/aromatic N) is 4. The number of carbonyl (C=O) groups excluding carboxylic acids is 1. The van der Waals surface area contributed by atoms with Crippen molar-refractivity contribution < 1.29 is 4.79 Å². The Balaban J connectivity index is 2.15. The van der Waals surface area contributed by atoms with Crippen molar-refractivity contribution in [1.29, 1.82) is 0 Å². The van der Waals surface area contributed by atoms with Crippen molar-refractivity contribution in [3.05, 3.63) is 34.9 Å². The van der Waals surface area contributed by atoms with Gasteiger partial charge in [0.25, 0.3) is 0 Å². The molecule has 0 fully saturated rings. The Hall–Kier alpha value is -1.69. The summed E-state index contributed by atoms with van der Waals surface area (Å²) in [6.07, 6.45) is 0. The van der Waals surface area contributed by atoms with Crippen LogP contribution in [0.4, 0.5) is 0 Å². The normalized spacial score (nSPS) is 12.4. The molecule has 0 aliphatic carbocycles. The van der Waals surface area contributed by atoms with Gasteiger partial charge in [0.2, 0.25) is 5.16 Å². The number of benzene rings is 1. The Morgan fingerprint density at radius 2 is 2.05 bits per heavy atom. The molecule has 2 aromatic rings. The second-order valence-corrected chi connectivity index (χ2v) is 5.82. The summed E-state index contributed by atoms with van der Waals surface area (Å²) in [7, 11) is 1.76. The van der Waals surface area contributed by atoms with Gasteiger partial charge in [0.1, 0.15) is 0 Å². The number of rotatable bonds is 4. The Labute approximate surface area is 116 Å². The fourth-order valence-corrected chi connectivity index (χ4v) is 2.49. The second kappa shape index (κ2) is 5.52. The third kappa shape index (κ3) is 3.01. The first kappa shape index (κ1) is 13.7. The largest absolute Gasteiger partial charge is 0.293 e. The second-order valence-electron chi connectivity index (χ2n) is 4.51. The highest BCUT2D eigenvalue weighted by Gasteiger charge is 2.19. The lowest BCUT2D eigenvalue weighted by molar-refractivity contribution is 0.0993. The number of thioether (sulfide) groups is 1. The maximum atomic E-state index is 12.3. The molecule has 1 aromatic heterocycles. The third-order valence-electron chi connectivity index (χ3n) is 3.02. The molecule has 1 heterocycles. The first-order valence-electron chi connectivity index (χ1n) is 5.99. The van der Waals surface area contributed by atoms with Gasteiger partial charge < -0.3 is 0 Å². The van der Waals surface area contributed by atoms with Crippen molar-refractivity contribution in [3.8, 4) is 0 Å². The van der Waals surface area contributed by atoms with Gasteiger partial charge >= 0.3 is 0 Å². The molecule has 0 N–H and O–H groups in total. The molecular formula is C13H16N4OS. The third-order valence-corrected chi connectivity index (χ3v) is 4.15. The minimum Gasteiger partial charge on any atom is -0.293 e. The van der Waals surface area contributed by atoms with Gasteiger partial charge in [-0.25, -0.2) is 4.68 Å². The average molecular weight is 276 g/mol. The summed E-state index contributed by atoms with van der Waals surface area (Å²) >= 11 is 1.37. The monoisotopic (exact) mass is 276 g/mol. The van der Waals surface area contributed by atoms with E-state index in [1.165, 1.54) is 17.3 Å². The standard InChI is InChI=1S/C13H16N4OS/c1-8-5-6-11(7-9(8)2)12(18)10(3)19-13-14-15-16-17(13)4/h5-7,10H,1-4H3. The van der Waals surface area contributed by atoms with Crippen LogP contribution in [0.25, 0.3) is 0 Å². The Morgan fingerprint density at radius 3 is 2.63 bits per heavy atom. The molecule has 0 radical (unpaired) electrons. The number of Topliss-reactive ketones (excluding diaryl/α,β-unsaturated/α-hetero) is 1. The minimum absolute atomic E-state index is 0.0936. The van der Waals surface area contributed by atoms with Crippen LogP contribution in [0.2, 0.25) is 0 Å². The molecule has 2 rings (SSSR count). The molecule has 0 saturated carbocycles. The van der Waals surface area contributed by atoms with Crippen molar-refractivity contribution in [1.82, 2.24) is 20.2 Å². The van der Waals surface area contributed by atoms with Crippen molar-refractivity contribution in [3.63, 3.8) is 0 Å². The molecule has 1 unspecified atom stereocenters. The fourth-order valence-electron chi connectivity index (χ4n) is 1.66. The van der Waals surface area contributed by atoms with Crippen LogP contribution in [-0.2, 0) is 7.05 Å². The zero-order chi connectivity index (χ0) is 14.0. The van der Waals surface area contributed by atoms with Crippen LogP contribution < -0.4 is 0 Å². The molecule has 100 valence electrons. The SMILES string of the molecule is Cc1ccc(C(=O)C(C)Sc2nnnn2C)cc1C. The Morgan fingerprint density at radius 1 is 1.32 bits per heavy atom. The van der Waals surface area contributed by atoms with Gasteiger partial charge in [-0.05, 0) is 48.4 Å². The van der Waals surface area contributed by atoms with E-state index in [2.05, 4.69) is 15.5 Å².